The molecule has 0 saturated heterocycles. The minimum Gasteiger partial charge on any atom is -0.477 e. The Morgan fingerprint density at radius 1 is 0.721 bits per heavy atom. The first-order chi connectivity index (χ1) is 20.3. The second kappa shape index (κ2) is 19.9. The highest BCUT2D eigenvalue weighted by Crippen LogP contribution is 2.09. The zero-order valence-electron chi connectivity index (χ0n) is 22.4. The van der Waals surface area contributed by atoms with Crippen LogP contribution >= 0.6 is 46.4 Å². The number of nitrogens with zero attached hydrogens (tertiary/aromatic N) is 6. The van der Waals surface area contributed by atoms with Gasteiger partial charge in [-0.2, -0.15) is 0 Å². The van der Waals surface area contributed by atoms with Crippen molar-refractivity contribution in [2.75, 3.05) is 0 Å². The van der Waals surface area contributed by atoms with Gasteiger partial charge in [-0.15, -0.1) is 0 Å². The highest BCUT2D eigenvalue weighted by Gasteiger charge is 2.13. The number of rotatable bonds is 6. The predicted octanol–water partition coefficient (Wildman–Crippen LogP) is 4.46. The second-order valence-corrected chi connectivity index (χ2v) is 9.13. The average Bonchev–Trinajstić information content (AvgIpc) is 2.99. The number of pyridine rings is 2. The SMILES string of the molecule is CC(N)c1ccccn1.CC(NC(=O)c1ccnc(Cl)n1)c1ccccn1.O=C(Cl)C(=O)Cl.O=C(O)c1ccnc(Cl)n1. The number of hydrogen-bond acceptors (Lipinski definition) is 11. The van der Waals surface area contributed by atoms with Crippen LogP contribution in [0.1, 0.15) is 58.3 Å². The number of amides is 1. The molecule has 226 valence electrons. The van der Waals surface area contributed by atoms with Crippen LogP contribution in [0.25, 0.3) is 0 Å². The molecule has 0 spiro atoms. The lowest BCUT2D eigenvalue weighted by molar-refractivity contribution is -0.127. The van der Waals surface area contributed by atoms with Crippen molar-refractivity contribution in [2.45, 2.75) is 25.9 Å². The number of carboxylic acids is 1. The molecule has 0 aromatic carbocycles. The summed E-state index contributed by atoms with van der Waals surface area (Å²) in [7, 11) is 0. The molecular formula is C26H24Cl4N8O5. The Balaban J connectivity index is 0.000000315. The molecule has 0 saturated carbocycles. The van der Waals surface area contributed by atoms with Crippen LogP contribution in [0.5, 0.6) is 0 Å². The van der Waals surface area contributed by atoms with E-state index in [1.54, 1.807) is 12.4 Å². The largest absolute Gasteiger partial charge is 0.477 e. The van der Waals surface area contributed by atoms with Gasteiger partial charge in [-0.05, 0) is 96.6 Å². The van der Waals surface area contributed by atoms with E-state index in [-0.39, 0.29) is 39.9 Å². The number of nitrogens with one attached hydrogen (secondary N) is 1. The monoisotopic (exact) mass is 668 g/mol. The van der Waals surface area contributed by atoms with Crippen LogP contribution in [0.15, 0.2) is 73.3 Å². The molecular weight excluding hydrogens is 646 g/mol. The maximum atomic E-state index is 11.9. The molecule has 17 heteroatoms. The van der Waals surface area contributed by atoms with Gasteiger partial charge in [0.2, 0.25) is 10.6 Å². The van der Waals surface area contributed by atoms with Gasteiger partial charge >= 0.3 is 16.5 Å². The Labute approximate surface area is 265 Å². The summed E-state index contributed by atoms with van der Waals surface area (Å²) >= 11 is 19.9. The van der Waals surface area contributed by atoms with Gasteiger partial charge in [-0.25, -0.2) is 24.7 Å². The Hall–Kier alpha value is -4.14. The van der Waals surface area contributed by atoms with Gasteiger partial charge < -0.3 is 16.2 Å². The van der Waals surface area contributed by atoms with E-state index in [0.717, 1.165) is 11.4 Å². The third-order valence-corrected chi connectivity index (χ3v) is 5.30. The standard InChI is InChI=1S/C12H11ClN4O.C7H10N2.C5H3ClN2O2.C2Cl2O2/c1-8(9-4-2-3-6-14-9)16-11(18)10-5-7-15-12(13)17-10;1-6(8)7-4-2-3-5-9-7;6-5-7-2-1-3(8-5)4(9)10;3-1(5)2(4)6/h2-8H,1H3,(H,16,18);2-6H,8H2,1H3;1-2H,(H,9,10);. The van der Waals surface area contributed by atoms with Crippen molar-refractivity contribution in [2.24, 2.45) is 5.73 Å². The minimum atomic E-state index is -1.14. The summed E-state index contributed by atoms with van der Waals surface area (Å²) in [5.74, 6) is -1.42. The number of hydrogen-bond donors (Lipinski definition) is 3. The summed E-state index contributed by atoms with van der Waals surface area (Å²) in [4.78, 5) is 63.7. The zero-order chi connectivity index (χ0) is 32.4. The molecule has 43 heavy (non-hydrogen) atoms. The molecule has 0 bridgehead atoms. The van der Waals surface area contributed by atoms with Crippen LogP contribution in [-0.4, -0.2) is 57.4 Å². The van der Waals surface area contributed by atoms with Crippen LogP contribution in [0.2, 0.25) is 10.6 Å². The highest BCUT2D eigenvalue weighted by atomic mass is 35.5. The van der Waals surface area contributed by atoms with E-state index in [9.17, 15) is 19.2 Å². The quantitative estimate of drug-likeness (QED) is 0.148. The first kappa shape index (κ1) is 36.9. The van der Waals surface area contributed by atoms with Gasteiger partial charge in [0.05, 0.1) is 17.4 Å². The highest BCUT2D eigenvalue weighted by molar-refractivity contribution is 6.97. The minimum absolute atomic E-state index is 0.0474. The van der Waals surface area contributed by atoms with E-state index in [0.29, 0.717) is 0 Å². The van der Waals surface area contributed by atoms with Gasteiger partial charge in [0, 0.05) is 30.8 Å². The second-order valence-electron chi connectivity index (χ2n) is 7.77. The number of halogens is 4. The average molecular weight is 670 g/mol. The molecule has 13 nitrogen and oxygen atoms in total. The summed E-state index contributed by atoms with van der Waals surface area (Å²) in [6, 6.07) is 13.9. The fourth-order valence-corrected chi connectivity index (χ4v) is 2.83. The van der Waals surface area contributed by atoms with Gasteiger partial charge in [0.25, 0.3) is 5.91 Å². The molecule has 2 unspecified atom stereocenters. The topological polar surface area (TPSA) is 204 Å². The number of carbonyl (C=O) groups excluding carboxylic acids is 3. The number of carboxylic acid groups (broad SMARTS) is 1. The molecule has 1 amide bonds. The Bertz CT molecular complexity index is 1470. The molecule has 0 aliphatic rings. The molecule has 0 fully saturated rings. The van der Waals surface area contributed by atoms with Crippen molar-refractivity contribution in [1.82, 2.24) is 35.2 Å². The number of carbonyl (C=O) groups is 4. The van der Waals surface area contributed by atoms with Crippen molar-refractivity contribution in [3.63, 3.8) is 0 Å². The molecule has 2 atom stereocenters. The van der Waals surface area contributed by atoms with Crippen molar-refractivity contribution in [3.8, 4) is 0 Å². The lowest BCUT2D eigenvalue weighted by Crippen LogP contribution is -2.28. The Morgan fingerprint density at radius 2 is 1.19 bits per heavy atom. The molecule has 4 aromatic heterocycles. The van der Waals surface area contributed by atoms with E-state index < -0.39 is 16.5 Å². The van der Waals surface area contributed by atoms with E-state index in [1.807, 2.05) is 50.2 Å². The number of aromatic nitrogens is 6. The maximum Gasteiger partial charge on any atom is 0.354 e. The lowest BCUT2D eigenvalue weighted by atomic mass is 10.2. The fourth-order valence-electron chi connectivity index (χ4n) is 2.54. The first-order valence-electron chi connectivity index (χ1n) is 11.8. The molecule has 0 aliphatic heterocycles. The van der Waals surface area contributed by atoms with E-state index in [4.69, 9.17) is 34.0 Å². The summed E-state index contributed by atoms with van der Waals surface area (Å²) in [5.41, 5.74) is 7.41. The van der Waals surface area contributed by atoms with Crippen LogP contribution in [0.4, 0.5) is 0 Å². The normalized spacial score (nSPS) is 11.0. The third-order valence-electron chi connectivity index (χ3n) is 4.49. The van der Waals surface area contributed by atoms with Crippen molar-refractivity contribution < 1.29 is 24.3 Å². The van der Waals surface area contributed by atoms with Crippen molar-refractivity contribution in [1.29, 1.82) is 0 Å². The van der Waals surface area contributed by atoms with Crippen LogP contribution in [0.3, 0.4) is 0 Å². The third kappa shape index (κ3) is 15.6. The van der Waals surface area contributed by atoms with Gasteiger partial charge in [0.15, 0.2) is 5.69 Å². The summed E-state index contributed by atoms with van der Waals surface area (Å²) in [6.07, 6.45) is 6.16. The number of aromatic carboxylic acids is 1. The lowest BCUT2D eigenvalue weighted by Gasteiger charge is -2.12. The van der Waals surface area contributed by atoms with E-state index in [1.165, 1.54) is 24.5 Å². The molecule has 4 heterocycles. The number of nitrogens with two attached hydrogens (primary N) is 1. The predicted molar refractivity (Wildman–Crippen MR) is 160 cm³/mol. The van der Waals surface area contributed by atoms with Gasteiger partial charge in [-0.3, -0.25) is 24.4 Å². The first-order valence-corrected chi connectivity index (χ1v) is 13.3. The zero-order valence-corrected chi connectivity index (χ0v) is 25.5. The molecule has 4 rings (SSSR count). The van der Waals surface area contributed by atoms with Crippen molar-refractivity contribution >= 4 is 68.8 Å². The van der Waals surface area contributed by atoms with Crippen LogP contribution in [0, 0.1) is 0 Å². The van der Waals surface area contributed by atoms with Crippen LogP contribution < -0.4 is 11.1 Å². The fraction of sp³-hybridized carbons (Fsp3) is 0.154. The van der Waals surface area contributed by atoms with Gasteiger partial charge in [0.1, 0.15) is 5.69 Å². The van der Waals surface area contributed by atoms with Gasteiger partial charge in [-0.1, -0.05) is 12.1 Å². The molecule has 4 N–H and O–H groups in total. The molecule has 4 aromatic rings. The summed E-state index contributed by atoms with van der Waals surface area (Å²) in [6.45, 7) is 3.77. The Morgan fingerprint density at radius 3 is 1.53 bits per heavy atom. The van der Waals surface area contributed by atoms with Crippen molar-refractivity contribution in [3.05, 3.63) is 107 Å². The van der Waals surface area contributed by atoms with E-state index >= 15 is 0 Å². The maximum absolute atomic E-state index is 11.9. The Kier molecular flexibility index (Phi) is 17.1. The van der Waals surface area contributed by atoms with E-state index in [2.05, 4.69) is 58.4 Å². The van der Waals surface area contributed by atoms with Crippen LogP contribution in [-0.2, 0) is 9.59 Å². The summed E-state index contributed by atoms with van der Waals surface area (Å²) < 4.78 is 0. The molecule has 0 aliphatic carbocycles. The summed E-state index contributed by atoms with van der Waals surface area (Å²) in [5, 5.41) is 8.86. The molecule has 0 radical (unpaired) electrons. The smallest absolute Gasteiger partial charge is 0.354 e.